The van der Waals surface area contributed by atoms with Crippen LogP contribution in [0, 0.1) is 0 Å². The van der Waals surface area contributed by atoms with Crippen LogP contribution in [0.15, 0.2) is 36.5 Å². The van der Waals surface area contributed by atoms with Gasteiger partial charge in [0, 0.05) is 24.4 Å². The molecular weight excluding hydrogens is 560 g/mol. The lowest BCUT2D eigenvalue weighted by atomic mass is 9.94. The first kappa shape index (κ1) is 34.1. The molecule has 2 heterocycles. The summed E-state index contributed by atoms with van der Waals surface area (Å²) in [5.74, 6) is 1.29. The van der Waals surface area contributed by atoms with Gasteiger partial charge in [-0.3, -0.25) is 4.98 Å². The van der Waals surface area contributed by atoms with Crippen molar-refractivity contribution >= 4 is 36.8 Å². The fourth-order valence-corrected chi connectivity index (χ4v) is 5.63. The van der Waals surface area contributed by atoms with Crippen LogP contribution in [0.25, 0.3) is 11.0 Å². The zero-order valence-corrected chi connectivity index (χ0v) is 28.6. The molecule has 0 bridgehead atoms. The summed E-state index contributed by atoms with van der Waals surface area (Å²) < 4.78 is 23.3. The number of aromatic nitrogens is 2. The first-order valence-corrected chi connectivity index (χ1v) is 18.0. The fraction of sp³-hybridized carbons (Fsp3) is 0.545. The van der Waals surface area contributed by atoms with Crippen LogP contribution in [-0.2, 0) is 15.7 Å². The molecule has 43 heavy (non-hydrogen) atoms. The van der Waals surface area contributed by atoms with E-state index in [1.54, 1.807) is 27.3 Å². The maximum atomic E-state index is 13.7. The summed E-state index contributed by atoms with van der Waals surface area (Å²) >= 11 is 0. The molecule has 0 saturated carbocycles. The van der Waals surface area contributed by atoms with E-state index in [1.165, 1.54) is 0 Å². The highest BCUT2D eigenvalue weighted by molar-refractivity contribution is 6.74. The number of benzene rings is 1. The predicted molar refractivity (Wildman–Crippen MR) is 177 cm³/mol. The van der Waals surface area contributed by atoms with Crippen molar-refractivity contribution in [3.8, 4) is 11.5 Å². The minimum Gasteiger partial charge on any atom is -0.497 e. The number of unbranched alkanes of at least 4 members (excludes halogenated alkanes) is 1. The molecule has 1 aromatic carbocycles. The summed E-state index contributed by atoms with van der Waals surface area (Å²) in [6.45, 7) is 18.5. The summed E-state index contributed by atoms with van der Waals surface area (Å²) in [4.78, 5) is 23.2. The second kappa shape index (κ2) is 14.4. The van der Waals surface area contributed by atoms with Gasteiger partial charge < -0.3 is 29.3 Å². The van der Waals surface area contributed by atoms with Gasteiger partial charge in [0.1, 0.15) is 28.4 Å². The van der Waals surface area contributed by atoms with Crippen molar-refractivity contribution in [2.45, 2.75) is 91.0 Å². The molecule has 1 atom stereocenters. The Kier molecular flexibility index (Phi) is 11.4. The number of hydrogen-bond donors (Lipinski definition) is 2. The van der Waals surface area contributed by atoms with Crippen LogP contribution in [0.5, 0.6) is 11.5 Å². The van der Waals surface area contributed by atoms with Gasteiger partial charge in [0.25, 0.3) is 0 Å². The lowest BCUT2D eigenvalue weighted by molar-refractivity contribution is 0.0528. The average molecular weight is 611 g/mol. The van der Waals surface area contributed by atoms with E-state index in [2.05, 4.69) is 63.3 Å². The SMILES string of the molecule is CCCCC(C)(CO[Si](C)(C)C(C)(C)C)Nc1c(C(=O)OCC)c(NCc2ccc(OC)cc2OC)nc2cccnc12. The second-order valence-electron chi connectivity index (χ2n) is 12.7. The third-order valence-electron chi connectivity index (χ3n) is 8.23. The summed E-state index contributed by atoms with van der Waals surface area (Å²) in [5, 5.41) is 7.22. The molecule has 236 valence electrons. The van der Waals surface area contributed by atoms with Crippen molar-refractivity contribution in [3.63, 3.8) is 0 Å². The third-order valence-corrected chi connectivity index (χ3v) is 12.7. The predicted octanol–water partition coefficient (Wildman–Crippen LogP) is 7.82. The molecule has 0 aliphatic rings. The fourth-order valence-electron chi connectivity index (χ4n) is 4.52. The minimum absolute atomic E-state index is 0.0687. The number of carbonyl (C=O) groups excluding carboxylic acids is 1. The van der Waals surface area contributed by atoms with E-state index in [0.29, 0.717) is 52.8 Å². The minimum atomic E-state index is -2.04. The number of hydrogen-bond acceptors (Lipinski definition) is 9. The summed E-state index contributed by atoms with van der Waals surface area (Å²) in [7, 11) is 1.19. The van der Waals surface area contributed by atoms with E-state index >= 15 is 0 Å². The number of nitrogens with zero attached hydrogens (tertiary/aromatic N) is 2. The van der Waals surface area contributed by atoms with Crippen LogP contribution in [0.3, 0.4) is 0 Å². The Hall–Kier alpha value is -3.37. The highest BCUT2D eigenvalue weighted by atomic mass is 28.4. The molecule has 0 amide bonds. The van der Waals surface area contributed by atoms with Gasteiger partial charge in [0.05, 0.1) is 44.2 Å². The van der Waals surface area contributed by atoms with E-state index < -0.39 is 19.8 Å². The van der Waals surface area contributed by atoms with Crippen LogP contribution < -0.4 is 20.1 Å². The van der Waals surface area contributed by atoms with Crippen molar-refractivity contribution in [3.05, 3.63) is 47.7 Å². The Balaban J connectivity index is 2.13. The monoisotopic (exact) mass is 610 g/mol. The topological polar surface area (TPSA) is 104 Å². The number of pyridine rings is 2. The van der Waals surface area contributed by atoms with Gasteiger partial charge in [-0.25, -0.2) is 9.78 Å². The molecule has 1 unspecified atom stereocenters. The molecule has 0 aliphatic carbocycles. The summed E-state index contributed by atoms with van der Waals surface area (Å²) in [6.07, 6.45) is 4.60. The quantitative estimate of drug-likeness (QED) is 0.132. The van der Waals surface area contributed by atoms with Gasteiger partial charge in [-0.05, 0) is 62.7 Å². The Morgan fingerprint density at radius 1 is 1.05 bits per heavy atom. The smallest absolute Gasteiger partial charge is 0.344 e. The van der Waals surface area contributed by atoms with E-state index in [9.17, 15) is 4.79 Å². The van der Waals surface area contributed by atoms with E-state index in [4.69, 9.17) is 23.6 Å². The lowest BCUT2D eigenvalue weighted by Crippen LogP contribution is -2.48. The highest BCUT2D eigenvalue weighted by Gasteiger charge is 2.40. The van der Waals surface area contributed by atoms with Gasteiger partial charge in [-0.1, -0.05) is 40.5 Å². The zero-order chi connectivity index (χ0) is 31.8. The molecule has 0 radical (unpaired) electrons. The highest BCUT2D eigenvalue weighted by Crippen LogP contribution is 2.39. The van der Waals surface area contributed by atoms with Gasteiger partial charge in [-0.2, -0.15) is 0 Å². The van der Waals surface area contributed by atoms with E-state index in [-0.39, 0.29) is 11.6 Å². The number of carbonyl (C=O) groups is 1. The Morgan fingerprint density at radius 2 is 1.79 bits per heavy atom. The first-order chi connectivity index (χ1) is 20.3. The number of ether oxygens (including phenoxy) is 3. The van der Waals surface area contributed by atoms with Gasteiger partial charge in [0.2, 0.25) is 0 Å². The molecule has 3 aromatic rings. The molecule has 0 fully saturated rings. The van der Waals surface area contributed by atoms with Crippen LogP contribution >= 0.6 is 0 Å². The zero-order valence-electron chi connectivity index (χ0n) is 27.6. The maximum Gasteiger partial charge on any atom is 0.344 e. The van der Waals surface area contributed by atoms with Crippen molar-refractivity contribution in [2.24, 2.45) is 0 Å². The average Bonchev–Trinajstić information content (AvgIpc) is 2.97. The molecule has 0 spiro atoms. The largest absolute Gasteiger partial charge is 0.497 e. The van der Waals surface area contributed by atoms with Gasteiger partial charge in [-0.15, -0.1) is 0 Å². The number of esters is 1. The van der Waals surface area contributed by atoms with Gasteiger partial charge >= 0.3 is 5.97 Å². The Morgan fingerprint density at radius 3 is 2.42 bits per heavy atom. The number of nitrogens with one attached hydrogen (secondary N) is 2. The normalized spacial score (nSPS) is 13.3. The number of anilines is 2. The molecule has 9 nitrogen and oxygen atoms in total. The van der Waals surface area contributed by atoms with Crippen LogP contribution in [0.1, 0.15) is 76.7 Å². The second-order valence-corrected chi connectivity index (χ2v) is 17.5. The Bertz CT molecular complexity index is 1390. The van der Waals surface area contributed by atoms with Crippen molar-refractivity contribution in [2.75, 3.05) is 38.1 Å². The molecule has 0 saturated heterocycles. The van der Waals surface area contributed by atoms with Gasteiger partial charge in [0.15, 0.2) is 8.32 Å². The lowest BCUT2D eigenvalue weighted by Gasteiger charge is -2.41. The first-order valence-electron chi connectivity index (χ1n) is 15.1. The van der Waals surface area contributed by atoms with Crippen LogP contribution in [0.4, 0.5) is 11.5 Å². The summed E-state index contributed by atoms with van der Waals surface area (Å²) in [5.41, 5.74) is 2.57. The molecule has 3 rings (SSSR count). The number of fused-ring (bicyclic) bond motifs is 1. The van der Waals surface area contributed by atoms with Crippen LogP contribution in [0.2, 0.25) is 18.1 Å². The molecule has 0 aliphatic heterocycles. The maximum absolute atomic E-state index is 13.7. The van der Waals surface area contributed by atoms with E-state index in [1.807, 2.05) is 30.3 Å². The molecule has 2 N–H and O–H groups in total. The molecular formula is C33H50N4O5Si. The molecule has 10 heteroatoms. The van der Waals surface area contributed by atoms with Crippen LogP contribution in [-0.4, -0.2) is 57.2 Å². The standard InChI is InChI=1S/C33H50N4O5Si/c1-11-13-18-33(6,22-42-43(9,10)32(3,4)5)37-29-27(31(38)41-12-2)30(36-25-15-14-19-34-28(25)29)35-21-23-16-17-24(39-7)20-26(23)40-8/h14-17,19-20H,11-13,18,21-22H2,1-10H3,(H2,35,36,37). The Labute approximate surface area is 258 Å². The van der Waals surface area contributed by atoms with Crippen molar-refractivity contribution in [1.82, 2.24) is 9.97 Å². The van der Waals surface area contributed by atoms with Crippen molar-refractivity contribution in [1.29, 1.82) is 0 Å². The van der Waals surface area contributed by atoms with E-state index in [0.717, 1.165) is 24.8 Å². The number of methoxy groups -OCH3 is 2. The third kappa shape index (κ3) is 8.38. The number of rotatable bonds is 15. The summed E-state index contributed by atoms with van der Waals surface area (Å²) in [6, 6.07) is 9.37. The molecule has 2 aromatic heterocycles. The van der Waals surface area contributed by atoms with Crippen molar-refractivity contribution < 1.29 is 23.4 Å².